The second-order valence-corrected chi connectivity index (χ2v) is 5.28. The van der Waals surface area contributed by atoms with Gasteiger partial charge in [0.2, 0.25) is 0 Å². The van der Waals surface area contributed by atoms with E-state index in [1.807, 2.05) is 4.90 Å². The van der Waals surface area contributed by atoms with Gasteiger partial charge in [-0.2, -0.15) is 0 Å². The first-order valence-corrected chi connectivity index (χ1v) is 6.97. The van der Waals surface area contributed by atoms with Gasteiger partial charge in [-0.05, 0) is 31.0 Å². The van der Waals surface area contributed by atoms with Gasteiger partial charge in [-0.25, -0.2) is 4.39 Å². The van der Waals surface area contributed by atoms with Crippen LogP contribution in [-0.4, -0.2) is 59.5 Å². The summed E-state index contributed by atoms with van der Waals surface area (Å²) in [4.78, 5) is 26.6. The SMILES string of the molecule is Cc1ccc(C(=O)N2CCCN(CC(=O)O)CC2)cc1F. The van der Waals surface area contributed by atoms with Gasteiger partial charge in [0.05, 0.1) is 6.54 Å². The quantitative estimate of drug-likeness (QED) is 0.914. The van der Waals surface area contributed by atoms with Crippen molar-refractivity contribution in [2.75, 3.05) is 32.7 Å². The van der Waals surface area contributed by atoms with Crippen LogP contribution in [0.5, 0.6) is 0 Å². The Bertz CT molecular complexity index is 548. The number of hydrogen-bond donors (Lipinski definition) is 1. The Morgan fingerprint density at radius 2 is 2.00 bits per heavy atom. The molecular formula is C15H19FN2O3. The van der Waals surface area contributed by atoms with Crippen LogP contribution in [0.15, 0.2) is 18.2 Å². The molecular weight excluding hydrogens is 275 g/mol. The molecule has 5 nitrogen and oxygen atoms in total. The number of carbonyl (C=O) groups is 2. The van der Waals surface area contributed by atoms with Gasteiger partial charge in [0.1, 0.15) is 5.82 Å². The van der Waals surface area contributed by atoms with Crippen molar-refractivity contribution in [2.24, 2.45) is 0 Å². The van der Waals surface area contributed by atoms with Crippen molar-refractivity contribution in [3.8, 4) is 0 Å². The summed E-state index contributed by atoms with van der Waals surface area (Å²) in [5, 5.41) is 8.80. The number of aryl methyl sites for hydroxylation is 1. The number of carboxylic acid groups (broad SMARTS) is 1. The van der Waals surface area contributed by atoms with Crippen LogP contribution < -0.4 is 0 Å². The third-order valence-corrected chi connectivity index (χ3v) is 3.65. The lowest BCUT2D eigenvalue weighted by molar-refractivity contribution is -0.138. The van der Waals surface area contributed by atoms with E-state index in [9.17, 15) is 14.0 Å². The standard InChI is InChI=1S/C15H19FN2O3/c1-11-3-4-12(9-13(11)16)15(21)18-6-2-5-17(7-8-18)10-14(19)20/h3-4,9H,2,5-8,10H2,1H3,(H,19,20). The number of carbonyl (C=O) groups excluding carboxylic acids is 1. The molecule has 1 aromatic rings. The molecule has 1 heterocycles. The van der Waals surface area contributed by atoms with Crippen LogP contribution in [-0.2, 0) is 4.79 Å². The smallest absolute Gasteiger partial charge is 0.317 e. The summed E-state index contributed by atoms with van der Waals surface area (Å²) in [5.74, 6) is -1.45. The van der Waals surface area contributed by atoms with Gasteiger partial charge < -0.3 is 10.0 Å². The highest BCUT2D eigenvalue weighted by Gasteiger charge is 2.21. The third-order valence-electron chi connectivity index (χ3n) is 3.65. The zero-order chi connectivity index (χ0) is 15.4. The second kappa shape index (κ2) is 6.67. The van der Waals surface area contributed by atoms with Crippen molar-refractivity contribution in [3.05, 3.63) is 35.1 Å². The zero-order valence-corrected chi connectivity index (χ0v) is 12.0. The molecule has 2 rings (SSSR count). The lowest BCUT2D eigenvalue weighted by Gasteiger charge is -2.21. The molecule has 21 heavy (non-hydrogen) atoms. The number of benzene rings is 1. The number of aliphatic carboxylic acids is 1. The lowest BCUT2D eigenvalue weighted by atomic mass is 10.1. The number of carboxylic acids is 1. The summed E-state index contributed by atoms with van der Waals surface area (Å²) >= 11 is 0. The Morgan fingerprint density at radius 1 is 1.24 bits per heavy atom. The normalized spacial score (nSPS) is 16.6. The fraction of sp³-hybridized carbons (Fsp3) is 0.467. The van der Waals surface area contributed by atoms with Gasteiger partial charge in [0.15, 0.2) is 0 Å². The van der Waals surface area contributed by atoms with Crippen molar-refractivity contribution in [2.45, 2.75) is 13.3 Å². The minimum atomic E-state index is -0.865. The third kappa shape index (κ3) is 4.01. The van der Waals surface area contributed by atoms with Crippen LogP contribution in [0.3, 0.4) is 0 Å². The van der Waals surface area contributed by atoms with E-state index in [-0.39, 0.29) is 18.3 Å². The van der Waals surface area contributed by atoms with Crippen LogP contribution in [0.4, 0.5) is 4.39 Å². The molecule has 1 saturated heterocycles. The predicted molar refractivity (Wildman–Crippen MR) is 75.7 cm³/mol. The molecule has 1 amide bonds. The summed E-state index contributed by atoms with van der Waals surface area (Å²) in [6.07, 6.45) is 0.716. The van der Waals surface area contributed by atoms with Crippen molar-refractivity contribution in [1.29, 1.82) is 0 Å². The zero-order valence-electron chi connectivity index (χ0n) is 12.0. The van der Waals surface area contributed by atoms with E-state index in [0.29, 0.717) is 43.7 Å². The molecule has 114 valence electrons. The largest absolute Gasteiger partial charge is 0.480 e. The van der Waals surface area contributed by atoms with E-state index in [4.69, 9.17) is 5.11 Å². The van der Waals surface area contributed by atoms with Gasteiger partial charge >= 0.3 is 5.97 Å². The minimum absolute atomic E-state index is 0.0127. The Balaban J connectivity index is 2.02. The van der Waals surface area contributed by atoms with E-state index in [1.165, 1.54) is 6.07 Å². The molecule has 0 aromatic heterocycles. The van der Waals surface area contributed by atoms with E-state index in [1.54, 1.807) is 24.0 Å². The van der Waals surface area contributed by atoms with Crippen LogP contribution in [0, 0.1) is 12.7 Å². The lowest BCUT2D eigenvalue weighted by Crippen LogP contribution is -2.36. The Hall–Kier alpha value is -1.95. The average Bonchev–Trinajstić information content (AvgIpc) is 2.66. The summed E-state index contributed by atoms with van der Waals surface area (Å²) in [7, 11) is 0. The maximum absolute atomic E-state index is 13.5. The molecule has 0 radical (unpaired) electrons. The van der Waals surface area contributed by atoms with Crippen LogP contribution in [0.1, 0.15) is 22.3 Å². The second-order valence-electron chi connectivity index (χ2n) is 5.28. The maximum atomic E-state index is 13.5. The monoisotopic (exact) mass is 294 g/mol. The summed E-state index contributed by atoms with van der Waals surface area (Å²) in [6.45, 7) is 3.83. The molecule has 0 saturated carbocycles. The van der Waals surface area contributed by atoms with Gasteiger partial charge in [0.25, 0.3) is 5.91 Å². The Kier molecular flexibility index (Phi) is 4.90. The minimum Gasteiger partial charge on any atom is -0.480 e. The van der Waals surface area contributed by atoms with Crippen molar-refractivity contribution in [1.82, 2.24) is 9.80 Å². The number of amides is 1. The number of halogens is 1. The number of rotatable bonds is 3. The van der Waals surface area contributed by atoms with Crippen molar-refractivity contribution < 1.29 is 19.1 Å². The summed E-state index contributed by atoms with van der Waals surface area (Å²) in [5.41, 5.74) is 0.847. The molecule has 1 N–H and O–H groups in total. The maximum Gasteiger partial charge on any atom is 0.317 e. The van der Waals surface area contributed by atoms with E-state index < -0.39 is 5.97 Å². The molecule has 0 atom stereocenters. The summed E-state index contributed by atoms with van der Waals surface area (Å²) in [6, 6.07) is 4.48. The fourth-order valence-corrected chi connectivity index (χ4v) is 2.43. The first-order valence-electron chi connectivity index (χ1n) is 6.97. The highest BCUT2D eigenvalue weighted by atomic mass is 19.1. The topological polar surface area (TPSA) is 60.9 Å². The van der Waals surface area contributed by atoms with Gasteiger partial charge in [-0.3, -0.25) is 14.5 Å². The first-order chi connectivity index (χ1) is 9.97. The molecule has 0 unspecified atom stereocenters. The van der Waals surface area contributed by atoms with Crippen LogP contribution >= 0.6 is 0 Å². The molecule has 1 fully saturated rings. The molecule has 6 heteroatoms. The van der Waals surface area contributed by atoms with Crippen LogP contribution in [0.2, 0.25) is 0 Å². The Labute approximate surface area is 123 Å². The van der Waals surface area contributed by atoms with Gasteiger partial charge in [-0.1, -0.05) is 6.07 Å². The first kappa shape index (κ1) is 15.4. The average molecular weight is 294 g/mol. The van der Waals surface area contributed by atoms with Crippen LogP contribution in [0.25, 0.3) is 0 Å². The fourth-order valence-electron chi connectivity index (χ4n) is 2.43. The van der Waals surface area contributed by atoms with Crippen molar-refractivity contribution in [3.63, 3.8) is 0 Å². The predicted octanol–water partition coefficient (Wildman–Crippen LogP) is 1.37. The molecule has 0 bridgehead atoms. The molecule has 1 aliphatic heterocycles. The van der Waals surface area contributed by atoms with E-state index in [0.717, 1.165) is 0 Å². The molecule has 0 aliphatic carbocycles. The summed E-state index contributed by atoms with van der Waals surface area (Å²) < 4.78 is 13.5. The van der Waals surface area contributed by atoms with E-state index in [2.05, 4.69) is 0 Å². The number of hydrogen-bond acceptors (Lipinski definition) is 3. The van der Waals surface area contributed by atoms with Gasteiger partial charge in [0, 0.05) is 31.7 Å². The highest BCUT2D eigenvalue weighted by Crippen LogP contribution is 2.13. The molecule has 1 aliphatic rings. The van der Waals surface area contributed by atoms with Crippen molar-refractivity contribution >= 4 is 11.9 Å². The highest BCUT2D eigenvalue weighted by molar-refractivity contribution is 5.94. The molecule has 0 spiro atoms. The van der Waals surface area contributed by atoms with E-state index >= 15 is 0 Å². The Morgan fingerprint density at radius 3 is 2.67 bits per heavy atom. The molecule has 1 aromatic carbocycles. The van der Waals surface area contributed by atoms with Gasteiger partial charge in [-0.15, -0.1) is 0 Å². The number of nitrogens with zero attached hydrogens (tertiary/aromatic N) is 2.